The van der Waals surface area contributed by atoms with Crippen molar-refractivity contribution in [3.05, 3.63) is 46.1 Å². The molecule has 2 nitrogen and oxygen atoms in total. The van der Waals surface area contributed by atoms with Gasteiger partial charge in [-0.05, 0) is 30.4 Å². The lowest BCUT2D eigenvalue weighted by atomic mass is 10.0. The molecule has 0 bridgehead atoms. The molecule has 3 heteroatoms. The van der Waals surface area contributed by atoms with Crippen LogP contribution in [-0.4, -0.2) is 12.0 Å². The monoisotopic (exact) mass is 328 g/mol. The summed E-state index contributed by atoms with van der Waals surface area (Å²) in [5.41, 5.74) is 4.66. The summed E-state index contributed by atoms with van der Waals surface area (Å²) in [6.07, 6.45) is 0.945. The second-order valence-electron chi connectivity index (χ2n) is 4.96. The van der Waals surface area contributed by atoms with Crippen LogP contribution in [0.2, 0.25) is 0 Å². The first-order valence-electron chi connectivity index (χ1n) is 6.85. The van der Waals surface area contributed by atoms with Crippen LogP contribution in [-0.2, 0) is 6.42 Å². The Kier molecular flexibility index (Phi) is 3.38. The van der Waals surface area contributed by atoms with E-state index in [9.17, 15) is 0 Å². The topological polar surface area (TPSA) is 24.9 Å². The minimum Gasteiger partial charge on any atom is -0.387 e. The number of pyridine rings is 1. The molecule has 20 heavy (non-hydrogen) atoms. The molecule has 0 unspecified atom stereocenters. The zero-order valence-corrected chi connectivity index (χ0v) is 13.5. The van der Waals surface area contributed by atoms with E-state index in [1.807, 2.05) is 7.05 Å². The minimum absolute atomic E-state index is 0.945. The highest BCUT2D eigenvalue weighted by atomic mass is 79.9. The lowest BCUT2D eigenvalue weighted by Crippen LogP contribution is -2.01. The maximum Gasteiger partial charge on any atom is 0.0805 e. The number of rotatable bonds is 2. The number of fused-ring (bicyclic) bond motifs is 3. The summed E-state index contributed by atoms with van der Waals surface area (Å²) in [5, 5.41) is 6.92. The quantitative estimate of drug-likeness (QED) is 0.665. The molecule has 0 radical (unpaired) electrons. The summed E-state index contributed by atoms with van der Waals surface area (Å²) in [6.45, 7) is 4.29. The molecule has 0 spiro atoms. The molecule has 0 atom stereocenters. The molecule has 0 aliphatic rings. The average molecular weight is 329 g/mol. The molecule has 0 amide bonds. The number of anilines is 1. The van der Waals surface area contributed by atoms with Crippen molar-refractivity contribution in [3.8, 4) is 0 Å². The van der Waals surface area contributed by atoms with Crippen molar-refractivity contribution in [1.82, 2.24) is 4.98 Å². The van der Waals surface area contributed by atoms with E-state index in [1.54, 1.807) is 0 Å². The second kappa shape index (κ2) is 5.06. The first-order valence-corrected chi connectivity index (χ1v) is 7.64. The van der Waals surface area contributed by atoms with Crippen molar-refractivity contribution >= 4 is 43.3 Å². The highest BCUT2D eigenvalue weighted by molar-refractivity contribution is 9.10. The van der Waals surface area contributed by atoms with Crippen molar-refractivity contribution in [2.24, 2.45) is 0 Å². The number of halogens is 1. The normalized spacial score (nSPS) is 11.2. The fraction of sp³-hybridized carbons (Fsp3) is 0.235. The maximum absolute atomic E-state index is 4.91. The van der Waals surface area contributed by atoms with E-state index >= 15 is 0 Å². The highest BCUT2D eigenvalue weighted by Gasteiger charge is 2.13. The van der Waals surface area contributed by atoms with Gasteiger partial charge in [0.25, 0.3) is 0 Å². The van der Waals surface area contributed by atoms with Crippen molar-refractivity contribution in [3.63, 3.8) is 0 Å². The van der Waals surface area contributed by atoms with Gasteiger partial charge in [0.2, 0.25) is 0 Å². The molecule has 1 N–H and O–H groups in total. The molecule has 3 aromatic rings. The SMILES string of the molecule is CCc1nc2c(cc(Br)c3ccccc32)c(NC)c1C. The van der Waals surface area contributed by atoms with Gasteiger partial charge in [-0.2, -0.15) is 0 Å². The van der Waals surface area contributed by atoms with E-state index in [0.29, 0.717) is 0 Å². The third kappa shape index (κ3) is 1.88. The van der Waals surface area contributed by atoms with Crippen LogP contribution in [0.4, 0.5) is 5.69 Å². The van der Waals surface area contributed by atoms with Gasteiger partial charge in [-0.3, -0.25) is 4.98 Å². The van der Waals surface area contributed by atoms with E-state index in [1.165, 1.54) is 27.4 Å². The van der Waals surface area contributed by atoms with Crippen LogP contribution in [0.3, 0.4) is 0 Å². The van der Waals surface area contributed by atoms with Gasteiger partial charge in [-0.15, -0.1) is 0 Å². The first-order chi connectivity index (χ1) is 9.67. The summed E-state index contributed by atoms with van der Waals surface area (Å²) in [4.78, 5) is 4.91. The van der Waals surface area contributed by atoms with E-state index in [2.05, 4.69) is 65.4 Å². The van der Waals surface area contributed by atoms with Gasteiger partial charge in [0.05, 0.1) is 5.52 Å². The van der Waals surface area contributed by atoms with Gasteiger partial charge >= 0.3 is 0 Å². The fourth-order valence-electron chi connectivity index (χ4n) is 2.86. The first kappa shape index (κ1) is 13.4. The Labute approximate surface area is 127 Å². The summed E-state index contributed by atoms with van der Waals surface area (Å²) >= 11 is 3.69. The van der Waals surface area contributed by atoms with Crippen LogP contribution < -0.4 is 5.32 Å². The Bertz CT molecular complexity index is 809. The molecule has 1 heterocycles. The van der Waals surface area contributed by atoms with Crippen molar-refractivity contribution in [2.75, 3.05) is 12.4 Å². The molecular weight excluding hydrogens is 312 g/mol. The Morgan fingerprint density at radius 2 is 1.85 bits per heavy atom. The molecule has 0 saturated carbocycles. The number of aromatic nitrogens is 1. The molecule has 0 aliphatic heterocycles. The molecule has 3 rings (SSSR count). The Morgan fingerprint density at radius 3 is 2.50 bits per heavy atom. The Morgan fingerprint density at radius 1 is 1.15 bits per heavy atom. The lowest BCUT2D eigenvalue weighted by molar-refractivity contribution is 1.03. The van der Waals surface area contributed by atoms with Crippen molar-refractivity contribution in [1.29, 1.82) is 0 Å². The number of nitrogens with zero attached hydrogens (tertiary/aromatic N) is 1. The van der Waals surface area contributed by atoms with Crippen LogP contribution in [0.1, 0.15) is 18.2 Å². The third-order valence-corrected chi connectivity index (χ3v) is 4.53. The smallest absolute Gasteiger partial charge is 0.0805 e. The molecule has 0 fully saturated rings. The van der Waals surface area contributed by atoms with Gasteiger partial charge < -0.3 is 5.32 Å². The van der Waals surface area contributed by atoms with Gasteiger partial charge in [0.15, 0.2) is 0 Å². The predicted molar refractivity (Wildman–Crippen MR) is 90.6 cm³/mol. The third-order valence-electron chi connectivity index (χ3n) is 3.87. The number of aryl methyl sites for hydroxylation is 1. The molecule has 0 saturated heterocycles. The van der Waals surface area contributed by atoms with Crippen LogP contribution in [0, 0.1) is 6.92 Å². The van der Waals surface area contributed by atoms with Crippen LogP contribution >= 0.6 is 15.9 Å². The number of nitrogens with one attached hydrogen (secondary N) is 1. The zero-order valence-electron chi connectivity index (χ0n) is 11.9. The minimum atomic E-state index is 0.945. The van der Waals surface area contributed by atoms with E-state index < -0.39 is 0 Å². The maximum atomic E-state index is 4.91. The van der Waals surface area contributed by atoms with E-state index in [0.717, 1.165) is 22.1 Å². The van der Waals surface area contributed by atoms with Gasteiger partial charge in [0.1, 0.15) is 0 Å². The van der Waals surface area contributed by atoms with E-state index in [-0.39, 0.29) is 0 Å². The fourth-order valence-corrected chi connectivity index (χ4v) is 3.43. The summed E-state index contributed by atoms with van der Waals surface area (Å²) in [6, 6.07) is 10.6. The average Bonchev–Trinajstić information content (AvgIpc) is 2.47. The zero-order chi connectivity index (χ0) is 14.3. The second-order valence-corrected chi connectivity index (χ2v) is 5.82. The largest absolute Gasteiger partial charge is 0.387 e. The summed E-state index contributed by atoms with van der Waals surface area (Å²) < 4.78 is 1.11. The standard InChI is InChI=1S/C17H17BrN2/c1-4-15-10(2)16(19-3)13-9-14(18)11-7-5-6-8-12(11)17(13)20-15/h5-9H,4H2,1-3H3,(H,19,20). The van der Waals surface area contributed by atoms with Crippen LogP contribution in [0.25, 0.3) is 21.7 Å². The van der Waals surface area contributed by atoms with E-state index in [4.69, 9.17) is 4.98 Å². The lowest BCUT2D eigenvalue weighted by Gasteiger charge is -2.15. The number of hydrogen-bond acceptors (Lipinski definition) is 2. The molecule has 2 aromatic carbocycles. The number of hydrogen-bond donors (Lipinski definition) is 1. The summed E-state index contributed by atoms with van der Waals surface area (Å²) in [5.74, 6) is 0. The summed E-state index contributed by atoms with van der Waals surface area (Å²) in [7, 11) is 1.98. The van der Waals surface area contributed by atoms with Gasteiger partial charge in [0, 0.05) is 33.7 Å². The number of benzene rings is 2. The molecule has 0 aliphatic carbocycles. The van der Waals surface area contributed by atoms with Crippen LogP contribution in [0.15, 0.2) is 34.8 Å². The molecule has 102 valence electrons. The van der Waals surface area contributed by atoms with Crippen LogP contribution in [0.5, 0.6) is 0 Å². The van der Waals surface area contributed by atoms with Gasteiger partial charge in [-0.25, -0.2) is 0 Å². The predicted octanol–water partition coefficient (Wildman–Crippen LogP) is 5.06. The van der Waals surface area contributed by atoms with Crippen molar-refractivity contribution in [2.45, 2.75) is 20.3 Å². The van der Waals surface area contributed by atoms with Crippen molar-refractivity contribution < 1.29 is 0 Å². The van der Waals surface area contributed by atoms with Gasteiger partial charge in [-0.1, -0.05) is 47.1 Å². The Hall–Kier alpha value is -1.61. The Balaban J connectivity index is 2.57. The molecule has 1 aromatic heterocycles. The highest BCUT2D eigenvalue weighted by Crippen LogP contribution is 2.36. The molecular formula is C17H17BrN2.